The van der Waals surface area contributed by atoms with Crippen molar-refractivity contribution in [1.82, 2.24) is 0 Å². The number of aliphatic imine (C=N–C) groups is 1. The molecule has 14 heavy (non-hydrogen) atoms. The van der Waals surface area contributed by atoms with Crippen LogP contribution < -0.4 is 5.73 Å². The Kier molecular flexibility index (Phi) is 3.19. The summed E-state index contributed by atoms with van der Waals surface area (Å²) in [5, 5.41) is 0. The van der Waals surface area contributed by atoms with Crippen LogP contribution in [0.4, 0.5) is 0 Å². The lowest BCUT2D eigenvalue weighted by atomic mass is 9.86. The van der Waals surface area contributed by atoms with Gasteiger partial charge in [0.05, 0.1) is 6.10 Å². The standard InChI is InChI=1S/C11H20N2O/c1-8-5-6-13-10(14-8)9(7-12)11(2,3)4/h7-8H,5-6,12H2,1-4H3/b9-7+. The minimum atomic E-state index is -0.00928. The topological polar surface area (TPSA) is 47.6 Å². The lowest BCUT2D eigenvalue weighted by molar-refractivity contribution is 0.182. The SMILES string of the molecule is CC1CCN=C(/C(=C\N)C(C)(C)C)O1. The Bertz CT molecular complexity index is 261. The minimum Gasteiger partial charge on any atom is -0.475 e. The summed E-state index contributed by atoms with van der Waals surface area (Å²) in [6, 6.07) is 0. The molecule has 0 radical (unpaired) electrons. The normalized spacial score (nSPS) is 24.1. The molecule has 0 amide bonds. The zero-order valence-electron chi connectivity index (χ0n) is 9.50. The Hall–Kier alpha value is -0.990. The molecule has 2 N–H and O–H groups in total. The fraction of sp³-hybridized carbons (Fsp3) is 0.727. The number of nitrogens with zero attached hydrogens (tertiary/aromatic N) is 1. The molecule has 0 aliphatic carbocycles. The average Bonchev–Trinajstić information content (AvgIpc) is 2.02. The molecule has 1 atom stereocenters. The Morgan fingerprint density at radius 2 is 2.21 bits per heavy atom. The van der Waals surface area contributed by atoms with Crippen LogP contribution in [0.3, 0.4) is 0 Å². The molecule has 0 aromatic heterocycles. The van der Waals surface area contributed by atoms with Gasteiger partial charge in [-0.15, -0.1) is 0 Å². The van der Waals surface area contributed by atoms with Crippen molar-refractivity contribution in [1.29, 1.82) is 0 Å². The van der Waals surface area contributed by atoms with Gasteiger partial charge >= 0.3 is 0 Å². The first-order chi connectivity index (χ1) is 6.45. The zero-order chi connectivity index (χ0) is 10.8. The minimum absolute atomic E-state index is 0.00928. The molecule has 0 bridgehead atoms. The molecule has 1 heterocycles. The summed E-state index contributed by atoms with van der Waals surface area (Å²) in [5.74, 6) is 0.721. The van der Waals surface area contributed by atoms with Crippen LogP contribution in [0.15, 0.2) is 16.8 Å². The van der Waals surface area contributed by atoms with E-state index in [1.807, 2.05) is 0 Å². The summed E-state index contributed by atoms with van der Waals surface area (Å²) in [6.07, 6.45) is 2.85. The van der Waals surface area contributed by atoms with Crippen LogP contribution in [-0.2, 0) is 4.74 Å². The maximum absolute atomic E-state index is 5.67. The van der Waals surface area contributed by atoms with Crippen molar-refractivity contribution >= 4 is 5.90 Å². The molecule has 3 nitrogen and oxygen atoms in total. The first-order valence-corrected chi connectivity index (χ1v) is 5.09. The van der Waals surface area contributed by atoms with Crippen LogP contribution in [0.5, 0.6) is 0 Å². The lowest BCUT2D eigenvalue weighted by Crippen LogP contribution is -2.28. The summed E-state index contributed by atoms with van der Waals surface area (Å²) < 4.78 is 5.67. The van der Waals surface area contributed by atoms with Crippen LogP contribution in [-0.4, -0.2) is 18.5 Å². The largest absolute Gasteiger partial charge is 0.475 e. The summed E-state index contributed by atoms with van der Waals surface area (Å²) in [7, 11) is 0. The first-order valence-electron chi connectivity index (χ1n) is 5.09. The third kappa shape index (κ3) is 2.50. The maximum atomic E-state index is 5.67. The highest BCUT2D eigenvalue weighted by molar-refractivity contribution is 5.95. The molecular formula is C11H20N2O. The van der Waals surface area contributed by atoms with Crippen molar-refractivity contribution in [2.75, 3.05) is 6.54 Å². The second-order valence-corrected chi connectivity index (χ2v) is 4.73. The van der Waals surface area contributed by atoms with E-state index in [9.17, 15) is 0 Å². The Labute approximate surface area is 86.0 Å². The molecule has 1 unspecified atom stereocenters. The summed E-state index contributed by atoms with van der Waals surface area (Å²) in [6.45, 7) is 9.22. The molecule has 3 heteroatoms. The molecule has 1 aliphatic rings. The van der Waals surface area contributed by atoms with Crippen LogP contribution in [0.2, 0.25) is 0 Å². The van der Waals surface area contributed by atoms with Gasteiger partial charge in [0.15, 0.2) is 0 Å². The van der Waals surface area contributed by atoms with Gasteiger partial charge in [0.1, 0.15) is 0 Å². The van der Waals surface area contributed by atoms with E-state index in [4.69, 9.17) is 10.5 Å². The van der Waals surface area contributed by atoms with E-state index in [2.05, 4.69) is 32.7 Å². The monoisotopic (exact) mass is 196 g/mol. The van der Waals surface area contributed by atoms with E-state index in [0.717, 1.165) is 24.4 Å². The molecular weight excluding hydrogens is 176 g/mol. The second kappa shape index (κ2) is 4.03. The predicted molar refractivity (Wildman–Crippen MR) is 59.2 cm³/mol. The molecule has 0 aromatic carbocycles. The number of nitrogens with two attached hydrogens (primary N) is 1. The quantitative estimate of drug-likeness (QED) is 0.698. The lowest BCUT2D eigenvalue weighted by Gasteiger charge is -2.28. The van der Waals surface area contributed by atoms with Crippen molar-refractivity contribution in [3.63, 3.8) is 0 Å². The van der Waals surface area contributed by atoms with Gasteiger partial charge in [0.25, 0.3) is 0 Å². The number of ether oxygens (including phenoxy) is 1. The van der Waals surface area contributed by atoms with Gasteiger partial charge in [-0.05, 0) is 12.3 Å². The second-order valence-electron chi connectivity index (χ2n) is 4.73. The number of hydrogen-bond donors (Lipinski definition) is 1. The van der Waals surface area contributed by atoms with Crippen molar-refractivity contribution in [2.24, 2.45) is 16.1 Å². The maximum Gasteiger partial charge on any atom is 0.214 e. The van der Waals surface area contributed by atoms with E-state index >= 15 is 0 Å². The fourth-order valence-electron chi connectivity index (χ4n) is 1.43. The van der Waals surface area contributed by atoms with Crippen molar-refractivity contribution in [3.05, 3.63) is 11.8 Å². The van der Waals surface area contributed by atoms with E-state index in [-0.39, 0.29) is 11.5 Å². The Morgan fingerprint density at radius 1 is 1.57 bits per heavy atom. The van der Waals surface area contributed by atoms with E-state index in [1.54, 1.807) is 6.20 Å². The molecule has 80 valence electrons. The summed E-state index contributed by atoms with van der Waals surface area (Å²) in [5.41, 5.74) is 6.59. The van der Waals surface area contributed by atoms with Gasteiger partial charge in [-0.1, -0.05) is 20.8 Å². The van der Waals surface area contributed by atoms with E-state index in [0.29, 0.717) is 0 Å². The van der Waals surface area contributed by atoms with Crippen molar-refractivity contribution in [3.8, 4) is 0 Å². The van der Waals surface area contributed by atoms with Gasteiger partial charge in [-0.25, -0.2) is 0 Å². The predicted octanol–water partition coefficient (Wildman–Crippen LogP) is 2.08. The summed E-state index contributed by atoms with van der Waals surface area (Å²) >= 11 is 0. The third-order valence-electron chi connectivity index (χ3n) is 2.31. The van der Waals surface area contributed by atoms with Crippen LogP contribution in [0.1, 0.15) is 34.1 Å². The summed E-state index contributed by atoms with van der Waals surface area (Å²) in [4.78, 5) is 4.36. The highest BCUT2D eigenvalue weighted by Gasteiger charge is 2.25. The average molecular weight is 196 g/mol. The number of rotatable bonds is 1. The highest BCUT2D eigenvalue weighted by Crippen LogP contribution is 2.27. The first kappa shape index (κ1) is 11.1. The van der Waals surface area contributed by atoms with Gasteiger partial charge < -0.3 is 10.5 Å². The van der Waals surface area contributed by atoms with Crippen LogP contribution in [0.25, 0.3) is 0 Å². The Morgan fingerprint density at radius 3 is 2.64 bits per heavy atom. The smallest absolute Gasteiger partial charge is 0.214 e. The molecule has 0 fully saturated rings. The molecule has 1 aliphatic heterocycles. The fourth-order valence-corrected chi connectivity index (χ4v) is 1.43. The molecule has 0 saturated carbocycles. The van der Waals surface area contributed by atoms with Crippen LogP contribution in [0, 0.1) is 5.41 Å². The molecule has 0 saturated heterocycles. The van der Waals surface area contributed by atoms with Crippen molar-refractivity contribution in [2.45, 2.75) is 40.2 Å². The van der Waals surface area contributed by atoms with E-state index < -0.39 is 0 Å². The Balaban J connectivity index is 2.87. The van der Waals surface area contributed by atoms with Crippen LogP contribution >= 0.6 is 0 Å². The molecule has 1 rings (SSSR count). The third-order valence-corrected chi connectivity index (χ3v) is 2.31. The zero-order valence-corrected chi connectivity index (χ0v) is 9.50. The van der Waals surface area contributed by atoms with E-state index in [1.165, 1.54) is 0 Å². The number of hydrogen-bond acceptors (Lipinski definition) is 3. The van der Waals surface area contributed by atoms with Gasteiger partial charge in [-0.3, -0.25) is 4.99 Å². The van der Waals surface area contributed by atoms with Gasteiger partial charge in [0.2, 0.25) is 5.90 Å². The molecule has 0 spiro atoms. The van der Waals surface area contributed by atoms with Crippen molar-refractivity contribution < 1.29 is 4.74 Å². The van der Waals surface area contributed by atoms with Gasteiger partial charge in [0, 0.05) is 24.7 Å². The van der Waals surface area contributed by atoms with Gasteiger partial charge in [-0.2, -0.15) is 0 Å². The highest BCUT2D eigenvalue weighted by atomic mass is 16.5. The molecule has 0 aromatic rings.